The van der Waals surface area contributed by atoms with E-state index in [0.717, 1.165) is 0 Å². The van der Waals surface area contributed by atoms with Crippen molar-refractivity contribution >= 4 is 11.9 Å². The second kappa shape index (κ2) is 4.57. The summed E-state index contributed by atoms with van der Waals surface area (Å²) in [5.74, 6) is -0.954. The highest BCUT2D eigenvalue weighted by molar-refractivity contribution is 6.01. The zero-order chi connectivity index (χ0) is 14.3. The first-order chi connectivity index (χ1) is 9.60. The van der Waals surface area contributed by atoms with Crippen molar-refractivity contribution in [2.24, 2.45) is 0 Å². The van der Waals surface area contributed by atoms with Crippen LogP contribution in [0.15, 0.2) is 24.3 Å². The van der Waals surface area contributed by atoms with Gasteiger partial charge in [-0.15, -0.1) is 0 Å². The summed E-state index contributed by atoms with van der Waals surface area (Å²) in [6, 6.07) is 6.70. The Morgan fingerprint density at radius 1 is 1.55 bits per heavy atom. The van der Waals surface area contributed by atoms with Gasteiger partial charge < -0.3 is 19.5 Å². The van der Waals surface area contributed by atoms with Gasteiger partial charge in [-0.1, -0.05) is 18.2 Å². The molecule has 1 aromatic carbocycles. The maximum absolute atomic E-state index is 12.3. The smallest absolute Gasteiger partial charge is 0.340 e. The van der Waals surface area contributed by atoms with Crippen molar-refractivity contribution < 1.29 is 24.2 Å². The minimum Gasteiger partial charge on any atom is -0.464 e. The third-order valence-electron chi connectivity index (χ3n) is 3.68. The van der Waals surface area contributed by atoms with Crippen LogP contribution in [0.25, 0.3) is 0 Å². The normalized spacial score (nSPS) is 28.0. The SMILES string of the molecule is CCOC(=O)[C@H]1OCCN2C(=O)c3ccccc3[C@]12O. The highest BCUT2D eigenvalue weighted by Crippen LogP contribution is 2.42. The minimum absolute atomic E-state index is 0.185. The fourth-order valence-electron chi connectivity index (χ4n) is 2.82. The molecule has 1 N–H and O–H groups in total. The molecule has 2 aliphatic rings. The standard InChI is InChI=1S/C14H15NO5/c1-2-19-13(17)11-14(18)10-6-4-3-5-9(10)12(16)15(14)7-8-20-11/h3-6,11,18H,2,7-8H2,1H3/t11-,14+/m1/s1. The fraction of sp³-hybridized carbons (Fsp3) is 0.429. The van der Waals surface area contributed by atoms with Gasteiger partial charge in [0.1, 0.15) is 0 Å². The van der Waals surface area contributed by atoms with Gasteiger partial charge in [-0.2, -0.15) is 0 Å². The van der Waals surface area contributed by atoms with Crippen LogP contribution >= 0.6 is 0 Å². The molecule has 2 heterocycles. The molecule has 20 heavy (non-hydrogen) atoms. The number of nitrogens with zero attached hydrogens (tertiary/aromatic N) is 1. The van der Waals surface area contributed by atoms with E-state index in [1.807, 2.05) is 0 Å². The van der Waals surface area contributed by atoms with Crippen LogP contribution in [0.3, 0.4) is 0 Å². The number of benzene rings is 1. The summed E-state index contributed by atoms with van der Waals surface area (Å²) in [6.45, 7) is 2.28. The zero-order valence-corrected chi connectivity index (χ0v) is 11.0. The van der Waals surface area contributed by atoms with Crippen LogP contribution < -0.4 is 0 Å². The first kappa shape index (κ1) is 13.1. The molecular weight excluding hydrogens is 262 g/mol. The summed E-state index contributed by atoms with van der Waals surface area (Å²) in [7, 11) is 0. The minimum atomic E-state index is -1.78. The first-order valence-corrected chi connectivity index (χ1v) is 6.52. The predicted molar refractivity (Wildman–Crippen MR) is 67.7 cm³/mol. The summed E-state index contributed by atoms with van der Waals surface area (Å²) in [6.07, 6.45) is -1.22. The number of fused-ring (bicyclic) bond motifs is 3. The van der Waals surface area contributed by atoms with Crippen molar-refractivity contribution in [2.45, 2.75) is 18.8 Å². The van der Waals surface area contributed by atoms with E-state index in [-0.39, 0.29) is 25.7 Å². The number of hydrogen-bond acceptors (Lipinski definition) is 5. The quantitative estimate of drug-likeness (QED) is 0.784. The first-order valence-electron chi connectivity index (χ1n) is 6.52. The van der Waals surface area contributed by atoms with Gasteiger partial charge in [0.25, 0.3) is 5.91 Å². The molecule has 0 unspecified atom stereocenters. The highest BCUT2D eigenvalue weighted by Gasteiger charge is 2.59. The molecule has 0 radical (unpaired) electrons. The Bertz CT molecular complexity index is 572. The van der Waals surface area contributed by atoms with Crippen molar-refractivity contribution in [3.63, 3.8) is 0 Å². The van der Waals surface area contributed by atoms with Crippen LogP contribution in [0.1, 0.15) is 22.8 Å². The molecule has 1 fully saturated rings. The lowest BCUT2D eigenvalue weighted by molar-refractivity contribution is -0.227. The second-order valence-electron chi connectivity index (χ2n) is 4.73. The third-order valence-corrected chi connectivity index (χ3v) is 3.68. The van der Waals surface area contributed by atoms with E-state index in [4.69, 9.17) is 9.47 Å². The average molecular weight is 277 g/mol. The molecule has 6 heteroatoms. The Kier molecular flexibility index (Phi) is 2.99. The van der Waals surface area contributed by atoms with Crippen molar-refractivity contribution in [1.82, 2.24) is 4.90 Å². The molecule has 3 rings (SSSR count). The molecule has 1 aromatic rings. The number of morpholine rings is 1. The van der Waals surface area contributed by atoms with Gasteiger partial charge in [0.2, 0.25) is 11.8 Å². The lowest BCUT2D eigenvalue weighted by atomic mass is 9.95. The maximum Gasteiger partial charge on any atom is 0.340 e. The average Bonchev–Trinajstić information content (AvgIpc) is 2.68. The lowest BCUT2D eigenvalue weighted by Crippen LogP contribution is -2.61. The summed E-state index contributed by atoms with van der Waals surface area (Å²) in [4.78, 5) is 25.6. The topological polar surface area (TPSA) is 76.1 Å². The monoisotopic (exact) mass is 277 g/mol. The molecule has 1 saturated heterocycles. The molecule has 0 bridgehead atoms. The van der Waals surface area contributed by atoms with Crippen molar-refractivity contribution in [1.29, 1.82) is 0 Å². The Hall–Kier alpha value is -1.92. The van der Waals surface area contributed by atoms with Crippen LogP contribution in [-0.2, 0) is 20.0 Å². The van der Waals surface area contributed by atoms with Crippen molar-refractivity contribution in [3.05, 3.63) is 35.4 Å². The van der Waals surface area contributed by atoms with Crippen LogP contribution in [0, 0.1) is 0 Å². The zero-order valence-electron chi connectivity index (χ0n) is 11.0. The Morgan fingerprint density at radius 3 is 3.05 bits per heavy atom. The second-order valence-corrected chi connectivity index (χ2v) is 4.73. The van der Waals surface area contributed by atoms with Crippen LogP contribution in [0.5, 0.6) is 0 Å². The summed E-state index contributed by atoms with van der Waals surface area (Å²) < 4.78 is 10.3. The van der Waals surface area contributed by atoms with Crippen LogP contribution in [-0.4, -0.2) is 47.7 Å². The van der Waals surface area contributed by atoms with Gasteiger partial charge >= 0.3 is 5.97 Å². The van der Waals surface area contributed by atoms with Crippen LogP contribution in [0.4, 0.5) is 0 Å². The number of amides is 1. The summed E-state index contributed by atoms with van der Waals surface area (Å²) in [5.41, 5.74) is -0.990. The number of carbonyl (C=O) groups excluding carboxylic acids is 2. The molecule has 0 saturated carbocycles. The number of ether oxygens (including phenoxy) is 2. The summed E-state index contributed by atoms with van der Waals surface area (Å²) >= 11 is 0. The Morgan fingerprint density at radius 2 is 2.30 bits per heavy atom. The molecule has 106 valence electrons. The Labute approximate surface area is 115 Å². The van der Waals surface area contributed by atoms with Gasteiger partial charge in [-0.3, -0.25) is 4.79 Å². The fourth-order valence-corrected chi connectivity index (χ4v) is 2.82. The Balaban J connectivity index is 2.09. The molecule has 0 aliphatic carbocycles. The van der Waals surface area contributed by atoms with Crippen molar-refractivity contribution in [2.75, 3.05) is 19.8 Å². The number of hydrogen-bond donors (Lipinski definition) is 1. The molecular formula is C14H15NO5. The largest absolute Gasteiger partial charge is 0.464 e. The lowest BCUT2D eigenvalue weighted by Gasteiger charge is -2.42. The van der Waals surface area contributed by atoms with Gasteiger partial charge in [0.15, 0.2) is 0 Å². The van der Waals surface area contributed by atoms with E-state index in [1.54, 1.807) is 31.2 Å². The maximum atomic E-state index is 12.3. The van der Waals surface area contributed by atoms with E-state index in [9.17, 15) is 14.7 Å². The number of carbonyl (C=O) groups is 2. The number of aliphatic hydroxyl groups is 1. The van der Waals surface area contributed by atoms with E-state index in [0.29, 0.717) is 11.1 Å². The van der Waals surface area contributed by atoms with E-state index in [1.165, 1.54) is 4.90 Å². The van der Waals surface area contributed by atoms with Gasteiger partial charge in [-0.25, -0.2) is 4.79 Å². The molecule has 0 aromatic heterocycles. The number of esters is 1. The van der Waals surface area contributed by atoms with Crippen molar-refractivity contribution in [3.8, 4) is 0 Å². The number of rotatable bonds is 2. The van der Waals surface area contributed by atoms with Crippen LogP contribution in [0.2, 0.25) is 0 Å². The van der Waals surface area contributed by atoms with Gasteiger partial charge in [0, 0.05) is 17.7 Å². The predicted octanol–water partition coefficient (Wildman–Crippen LogP) is 0.249. The highest BCUT2D eigenvalue weighted by atomic mass is 16.6. The molecule has 2 aliphatic heterocycles. The van der Waals surface area contributed by atoms with E-state index < -0.39 is 17.8 Å². The molecule has 6 nitrogen and oxygen atoms in total. The van der Waals surface area contributed by atoms with E-state index >= 15 is 0 Å². The molecule has 1 amide bonds. The molecule has 0 spiro atoms. The van der Waals surface area contributed by atoms with Gasteiger partial charge in [0.05, 0.1) is 13.2 Å². The summed E-state index contributed by atoms with van der Waals surface area (Å²) in [5, 5.41) is 11.0. The molecule has 2 atom stereocenters. The third kappa shape index (κ3) is 1.58. The van der Waals surface area contributed by atoms with E-state index in [2.05, 4.69) is 0 Å². The van der Waals surface area contributed by atoms with Gasteiger partial charge in [-0.05, 0) is 13.0 Å².